The van der Waals surface area contributed by atoms with Gasteiger partial charge in [-0.2, -0.15) is 13.2 Å². The summed E-state index contributed by atoms with van der Waals surface area (Å²) in [6.07, 6.45) is -4.51. The average Bonchev–Trinajstić information content (AvgIpc) is 3.20. The minimum Gasteiger partial charge on any atom is -0.370 e. The highest BCUT2D eigenvalue weighted by atomic mass is 35.5. The molecule has 0 fully saturated rings. The van der Waals surface area contributed by atoms with Crippen molar-refractivity contribution in [2.75, 3.05) is 19.6 Å². The monoisotopic (exact) mass is 945 g/mol. The van der Waals surface area contributed by atoms with E-state index in [0.717, 1.165) is 33.9 Å². The van der Waals surface area contributed by atoms with Crippen molar-refractivity contribution in [3.63, 3.8) is 0 Å². The molecule has 0 aromatic heterocycles. The smallest absolute Gasteiger partial charge is 0.370 e. The van der Waals surface area contributed by atoms with Gasteiger partial charge in [0.25, 0.3) is 0 Å². The van der Waals surface area contributed by atoms with Crippen molar-refractivity contribution in [3.05, 3.63) is 105 Å². The number of nitrogens with two attached hydrogens (primary N) is 5. The number of alkyl halides is 3. The number of nitrogens with one attached hydrogen (secondary N) is 4. The zero-order valence-electron chi connectivity index (χ0n) is 40.3. The Labute approximate surface area is 393 Å². The third-order valence-electron chi connectivity index (χ3n) is 9.23. The molecule has 0 aliphatic carbocycles. The summed E-state index contributed by atoms with van der Waals surface area (Å²) in [5, 5.41) is 14.3. The van der Waals surface area contributed by atoms with Crippen LogP contribution in [0, 0.1) is 43.9 Å². The van der Waals surface area contributed by atoms with Crippen LogP contribution in [0.2, 0.25) is 5.02 Å². The maximum atomic E-state index is 13.0. The molecule has 3 atom stereocenters. The number of rotatable bonds is 12. The quantitative estimate of drug-likeness (QED) is 0.0667. The molecule has 66 heavy (non-hydrogen) atoms. The number of nitrogens with zero attached hydrogens (tertiary/aromatic N) is 3. The Morgan fingerprint density at radius 1 is 0.561 bits per heavy atom. The maximum Gasteiger partial charge on any atom is 0.416 e. The fraction of sp³-hybridized carbons (Fsp3) is 0.468. The summed E-state index contributed by atoms with van der Waals surface area (Å²) in [7, 11) is 0. The van der Waals surface area contributed by atoms with Crippen molar-refractivity contribution in [1.82, 2.24) is 16.0 Å². The third-order valence-corrected chi connectivity index (χ3v) is 9.56. The fourth-order valence-corrected chi connectivity index (χ4v) is 6.29. The SMILES string of the molecule is CC(C)CN=C(N)NC(=O)C(C)c1ccccc1C(F)(F)F.Cc1cccc(C)c1C(C)C(=O)NC(N)=NCC(C)C.Cc1cccc(Cl)c1C(C)C(=O)NC(N)=NCC(C)C.N=C(N)N. The molecule has 0 aliphatic heterocycles. The van der Waals surface area contributed by atoms with Gasteiger partial charge in [-0.1, -0.05) is 102 Å². The predicted molar refractivity (Wildman–Crippen MR) is 263 cm³/mol. The van der Waals surface area contributed by atoms with Crippen molar-refractivity contribution in [1.29, 1.82) is 5.41 Å². The van der Waals surface area contributed by atoms with Crippen LogP contribution < -0.4 is 44.6 Å². The molecule has 0 saturated carbocycles. The van der Waals surface area contributed by atoms with Gasteiger partial charge in [0.05, 0.1) is 23.3 Å². The molecule has 19 heteroatoms. The number of halogens is 4. The molecule has 0 bridgehead atoms. The van der Waals surface area contributed by atoms with Gasteiger partial charge in [-0.15, -0.1) is 0 Å². The zero-order valence-corrected chi connectivity index (χ0v) is 41.1. The Hall–Kier alpha value is -6.17. The van der Waals surface area contributed by atoms with Crippen molar-refractivity contribution in [2.45, 2.75) is 107 Å². The van der Waals surface area contributed by atoms with Crippen LogP contribution in [0.3, 0.4) is 0 Å². The Morgan fingerprint density at radius 2 is 0.879 bits per heavy atom. The number of hydrogen-bond donors (Lipinski definition) is 9. The van der Waals surface area contributed by atoms with Gasteiger partial charge < -0.3 is 28.7 Å². The summed E-state index contributed by atoms with van der Waals surface area (Å²) in [4.78, 5) is 48.7. The highest BCUT2D eigenvalue weighted by Crippen LogP contribution is 2.35. The molecule has 3 aromatic rings. The van der Waals surface area contributed by atoms with Crippen molar-refractivity contribution < 1.29 is 27.6 Å². The van der Waals surface area contributed by atoms with Gasteiger partial charge in [-0.3, -0.25) is 50.7 Å². The minimum absolute atomic E-state index is 0.0879. The van der Waals surface area contributed by atoms with Crippen LogP contribution in [0.25, 0.3) is 0 Å². The largest absolute Gasteiger partial charge is 0.416 e. The maximum absolute atomic E-state index is 13.0. The third kappa shape index (κ3) is 23.1. The molecule has 0 spiro atoms. The Morgan fingerprint density at radius 3 is 1.23 bits per heavy atom. The molecule has 0 heterocycles. The molecule has 3 rings (SSSR count). The number of carbonyl (C=O) groups is 3. The lowest BCUT2D eigenvalue weighted by atomic mass is 9.91. The van der Waals surface area contributed by atoms with E-state index in [1.807, 2.05) is 85.7 Å². The van der Waals surface area contributed by atoms with E-state index in [2.05, 4.69) is 56.2 Å². The van der Waals surface area contributed by atoms with Gasteiger partial charge in [0.1, 0.15) is 0 Å². The molecule has 15 nitrogen and oxygen atoms in total. The summed E-state index contributed by atoms with van der Waals surface area (Å²) in [5.74, 6) is -1.56. The molecule has 14 N–H and O–H groups in total. The van der Waals surface area contributed by atoms with E-state index in [9.17, 15) is 27.6 Å². The number of hydrogen-bond acceptors (Lipinski definition) is 7. The summed E-state index contributed by atoms with van der Waals surface area (Å²) < 4.78 is 38.9. The highest BCUT2D eigenvalue weighted by Gasteiger charge is 2.35. The van der Waals surface area contributed by atoms with Gasteiger partial charge in [-0.25, -0.2) is 0 Å². The van der Waals surface area contributed by atoms with E-state index in [1.165, 1.54) is 25.1 Å². The first-order chi connectivity index (χ1) is 30.5. The van der Waals surface area contributed by atoms with Crippen molar-refractivity contribution in [3.8, 4) is 0 Å². The summed E-state index contributed by atoms with van der Waals surface area (Å²) in [5.41, 5.74) is 30.1. The zero-order chi connectivity index (χ0) is 51.1. The molecule has 3 unspecified atom stereocenters. The van der Waals surface area contributed by atoms with E-state index < -0.39 is 23.6 Å². The van der Waals surface area contributed by atoms with Crippen LogP contribution in [-0.2, 0) is 20.6 Å². The summed E-state index contributed by atoms with van der Waals surface area (Å²) >= 11 is 6.17. The Kier molecular flexibility index (Phi) is 26.6. The standard InChI is InChI=1S/C16H25N3O.C15H22ClN3O.C15H20F3N3O.CH5N3/c1-10(2)9-18-16(17)19-15(20)13(5)14-11(3)7-6-8-12(14)4;1-9(2)8-18-15(17)19-14(20)11(4)13-10(3)6-5-7-12(13)16;1-9(2)8-20-14(19)21-13(22)10(3)11-6-4-5-7-12(11)15(16,17)18;2-1(3)4/h6-8,10,13H,9H2,1-5H3,(H3,17,18,19,20);5-7,9,11H,8H2,1-4H3,(H3,17,18,19,20);4-7,9-10H,8H2,1-3H3,(H3,19,20,21,22);(H5,2,3,4). The van der Waals surface area contributed by atoms with Crippen LogP contribution in [-0.4, -0.2) is 61.2 Å². The normalized spacial score (nSPS) is 13.2. The summed E-state index contributed by atoms with van der Waals surface area (Å²) in [6, 6.07) is 16.6. The van der Waals surface area contributed by atoms with Crippen molar-refractivity contribution >= 4 is 53.2 Å². The molecular formula is C47H72ClF3N12O3. The Bertz CT molecular complexity index is 2000. The lowest BCUT2D eigenvalue weighted by Crippen LogP contribution is -2.39. The van der Waals surface area contributed by atoms with Crippen LogP contribution in [0.1, 0.15) is 119 Å². The van der Waals surface area contributed by atoms with Gasteiger partial charge >= 0.3 is 6.18 Å². The lowest BCUT2D eigenvalue weighted by molar-refractivity contribution is -0.138. The second-order valence-electron chi connectivity index (χ2n) is 16.8. The van der Waals surface area contributed by atoms with Crippen LogP contribution >= 0.6 is 11.6 Å². The molecule has 3 aromatic carbocycles. The van der Waals surface area contributed by atoms with E-state index in [-0.39, 0.29) is 59.0 Å². The van der Waals surface area contributed by atoms with Gasteiger partial charge in [0.15, 0.2) is 23.8 Å². The minimum atomic E-state index is -4.51. The molecular weight excluding hydrogens is 873 g/mol. The number of guanidine groups is 4. The second-order valence-corrected chi connectivity index (χ2v) is 17.2. The van der Waals surface area contributed by atoms with E-state index in [0.29, 0.717) is 36.5 Å². The number of aliphatic imine (C=N–C) groups is 3. The Balaban J connectivity index is 0.000000922. The van der Waals surface area contributed by atoms with E-state index >= 15 is 0 Å². The fourth-order valence-electron chi connectivity index (χ4n) is 5.90. The summed E-state index contributed by atoms with van der Waals surface area (Å²) in [6.45, 7) is 24.7. The second kappa shape index (κ2) is 29.4. The highest BCUT2D eigenvalue weighted by molar-refractivity contribution is 6.31. The van der Waals surface area contributed by atoms with Gasteiger partial charge in [0.2, 0.25) is 17.7 Å². The first-order valence-electron chi connectivity index (χ1n) is 21.4. The molecule has 0 radical (unpaired) electrons. The molecule has 0 saturated heterocycles. The number of aryl methyl sites for hydroxylation is 3. The van der Waals surface area contributed by atoms with Crippen LogP contribution in [0.4, 0.5) is 13.2 Å². The van der Waals surface area contributed by atoms with Gasteiger partial charge in [-0.05, 0) is 105 Å². The van der Waals surface area contributed by atoms with Crippen LogP contribution in [0.5, 0.6) is 0 Å². The molecule has 3 amide bonds. The van der Waals surface area contributed by atoms with Gasteiger partial charge in [0, 0.05) is 24.7 Å². The topological polar surface area (TPSA) is 278 Å². The van der Waals surface area contributed by atoms with E-state index in [1.54, 1.807) is 13.0 Å². The van der Waals surface area contributed by atoms with E-state index in [4.69, 9.17) is 34.2 Å². The first kappa shape index (κ1) is 59.8. The van der Waals surface area contributed by atoms with Crippen molar-refractivity contribution in [2.24, 2.45) is 61.4 Å². The number of amides is 3. The average molecular weight is 946 g/mol. The number of carbonyl (C=O) groups excluding carboxylic acids is 3. The lowest BCUT2D eigenvalue weighted by Gasteiger charge is -2.17. The predicted octanol–water partition coefficient (Wildman–Crippen LogP) is 7.07. The van der Waals surface area contributed by atoms with Crippen LogP contribution in [0.15, 0.2) is 75.6 Å². The number of benzene rings is 3. The molecule has 366 valence electrons. The first-order valence-corrected chi connectivity index (χ1v) is 21.8. The molecule has 0 aliphatic rings.